The van der Waals surface area contributed by atoms with E-state index in [1.165, 1.54) is 0 Å². The molecule has 2 unspecified atom stereocenters. The van der Waals surface area contributed by atoms with E-state index in [2.05, 4.69) is 41.0 Å². The summed E-state index contributed by atoms with van der Waals surface area (Å²) < 4.78 is 0. The van der Waals surface area contributed by atoms with E-state index < -0.39 is 0 Å². The van der Waals surface area contributed by atoms with Gasteiger partial charge in [0.25, 0.3) is 0 Å². The van der Waals surface area contributed by atoms with Crippen molar-refractivity contribution in [3.63, 3.8) is 0 Å². The summed E-state index contributed by atoms with van der Waals surface area (Å²) in [6, 6.07) is 4.10. The lowest BCUT2D eigenvalue weighted by Crippen LogP contribution is -2.34. The van der Waals surface area contributed by atoms with Crippen LogP contribution in [0.4, 0.5) is 5.82 Å². The number of oxime groups is 1. The van der Waals surface area contributed by atoms with Crippen LogP contribution in [0.25, 0.3) is 0 Å². The summed E-state index contributed by atoms with van der Waals surface area (Å²) >= 11 is 0. The molecule has 0 amide bonds. The number of rotatable bonds is 3. The van der Waals surface area contributed by atoms with E-state index >= 15 is 0 Å². The van der Waals surface area contributed by atoms with Crippen LogP contribution in [0.5, 0.6) is 0 Å². The van der Waals surface area contributed by atoms with Crippen LogP contribution in [0.15, 0.2) is 23.5 Å². The highest BCUT2D eigenvalue weighted by atomic mass is 16.4. The van der Waals surface area contributed by atoms with Gasteiger partial charge in [0, 0.05) is 25.3 Å². The average molecular weight is 263 g/mol. The first-order valence-corrected chi connectivity index (χ1v) is 6.39. The van der Waals surface area contributed by atoms with Crippen molar-refractivity contribution in [2.45, 2.75) is 13.0 Å². The second-order valence-corrected chi connectivity index (χ2v) is 5.27. The number of nitrogens with two attached hydrogens (primary N) is 1. The highest BCUT2D eigenvalue weighted by Crippen LogP contribution is 2.26. The van der Waals surface area contributed by atoms with Gasteiger partial charge in [0.2, 0.25) is 0 Å². The summed E-state index contributed by atoms with van der Waals surface area (Å²) in [6.07, 6.45) is 1.73. The standard InChI is InChI=1S/C13H21N5O/c1-9-7-18(8-11(9)17(2)3)13-10(12(14)16-19)5-4-6-15-13/h4-6,9,11,19H,7-8H2,1-3H3,(H2,14,16). The van der Waals surface area contributed by atoms with Crippen LogP contribution in [-0.4, -0.2) is 54.2 Å². The molecular formula is C13H21N5O. The zero-order valence-corrected chi connectivity index (χ0v) is 11.6. The monoisotopic (exact) mass is 263 g/mol. The van der Waals surface area contributed by atoms with Gasteiger partial charge in [-0.1, -0.05) is 12.1 Å². The molecule has 0 bridgehead atoms. The molecule has 1 aromatic rings. The SMILES string of the molecule is CC1CN(c2ncccc2/C(N)=N/O)CC1N(C)C. The first-order valence-electron chi connectivity index (χ1n) is 6.39. The third-order valence-electron chi connectivity index (χ3n) is 3.71. The molecule has 0 aromatic carbocycles. The van der Waals surface area contributed by atoms with E-state index in [1.54, 1.807) is 12.3 Å². The molecule has 3 N–H and O–H groups in total. The number of anilines is 1. The summed E-state index contributed by atoms with van der Waals surface area (Å²) in [5.41, 5.74) is 6.39. The first-order chi connectivity index (χ1) is 9.04. The first kappa shape index (κ1) is 13.6. The molecule has 1 aliphatic rings. The molecule has 0 saturated carbocycles. The number of pyridine rings is 1. The van der Waals surface area contributed by atoms with Gasteiger partial charge >= 0.3 is 0 Å². The molecule has 104 valence electrons. The van der Waals surface area contributed by atoms with Crippen molar-refractivity contribution in [2.75, 3.05) is 32.1 Å². The van der Waals surface area contributed by atoms with Gasteiger partial charge < -0.3 is 20.7 Å². The van der Waals surface area contributed by atoms with Crippen molar-refractivity contribution in [1.82, 2.24) is 9.88 Å². The van der Waals surface area contributed by atoms with Gasteiger partial charge in [-0.05, 0) is 32.1 Å². The molecule has 0 radical (unpaired) electrons. The van der Waals surface area contributed by atoms with E-state index in [0.29, 0.717) is 17.5 Å². The lowest BCUT2D eigenvalue weighted by molar-refractivity contribution is 0.266. The van der Waals surface area contributed by atoms with Crippen molar-refractivity contribution in [1.29, 1.82) is 0 Å². The Balaban J connectivity index is 2.29. The minimum absolute atomic E-state index is 0.101. The summed E-state index contributed by atoms with van der Waals surface area (Å²) in [4.78, 5) is 8.82. The topological polar surface area (TPSA) is 78.0 Å². The van der Waals surface area contributed by atoms with Gasteiger partial charge in [-0.2, -0.15) is 0 Å². The van der Waals surface area contributed by atoms with Crippen LogP contribution >= 0.6 is 0 Å². The molecule has 6 heteroatoms. The maximum atomic E-state index is 8.86. The molecule has 6 nitrogen and oxygen atoms in total. The second kappa shape index (κ2) is 5.44. The number of aromatic nitrogens is 1. The Morgan fingerprint density at radius 2 is 2.26 bits per heavy atom. The number of hydrogen-bond acceptors (Lipinski definition) is 5. The molecule has 0 spiro atoms. The summed E-state index contributed by atoms with van der Waals surface area (Å²) in [6.45, 7) is 4.05. The molecule has 2 rings (SSSR count). The molecule has 2 atom stereocenters. The van der Waals surface area contributed by atoms with E-state index in [1.807, 2.05) is 6.07 Å². The zero-order valence-electron chi connectivity index (χ0n) is 11.6. The fraction of sp³-hybridized carbons (Fsp3) is 0.538. The molecule has 1 saturated heterocycles. The summed E-state index contributed by atoms with van der Waals surface area (Å²) in [5.74, 6) is 1.44. The van der Waals surface area contributed by atoms with Gasteiger partial charge in [0.15, 0.2) is 5.84 Å². The maximum Gasteiger partial charge on any atom is 0.173 e. The van der Waals surface area contributed by atoms with Crippen molar-refractivity contribution >= 4 is 11.7 Å². The Bertz CT molecular complexity index is 474. The van der Waals surface area contributed by atoms with Gasteiger partial charge in [-0.15, -0.1) is 0 Å². The van der Waals surface area contributed by atoms with Gasteiger partial charge in [0.05, 0.1) is 5.56 Å². The van der Waals surface area contributed by atoms with Crippen molar-refractivity contribution < 1.29 is 5.21 Å². The Morgan fingerprint density at radius 1 is 1.53 bits per heavy atom. The third kappa shape index (κ3) is 2.63. The van der Waals surface area contributed by atoms with E-state index in [9.17, 15) is 0 Å². The quantitative estimate of drug-likeness (QED) is 0.361. The van der Waals surface area contributed by atoms with Crippen molar-refractivity contribution in [3.8, 4) is 0 Å². The smallest absolute Gasteiger partial charge is 0.173 e. The highest BCUT2D eigenvalue weighted by Gasteiger charge is 2.32. The maximum absolute atomic E-state index is 8.86. The van der Waals surface area contributed by atoms with Crippen LogP contribution in [-0.2, 0) is 0 Å². The van der Waals surface area contributed by atoms with E-state index in [4.69, 9.17) is 10.9 Å². The molecule has 2 heterocycles. The highest BCUT2D eigenvalue weighted by molar-refractivity contribution is 6.01. The fourth-order valence-electron chi connectivity index (χ4n) is 2.70. The average Bonchev–Trinajstić information content (AvgIpc) is 2.80. The molecule has 1 aliphatic heterocycles. The summed E-state index contributed by atoms with van der Waals surface area (Å²) in [7, 11) is 4.18. The van der Waals surface area contributed by atoms with Crippen LogP contribution in [0, 0.1) is 5.92 Å². The zero-order chi connectivity index (χ0) is 14.0. The minimum atomic E-state index is 0.101. The Kier molecular flexibility index (Phi) is 3.90. The van der Waals surface area contributed by atoms with E-state index in [0.717, 1.165) is 18.9 Å². The largest absolute Gasteiger partial charge is 0.409 e. The molecule has 0 aliphatic carbocycles. The predicted molar refractivity (Wildman–Crippen MR) is 75.6 cm³/mol. The summed E-state index contributed by atoms with van der Waals surface area (Å²) in [5, 5.41) is 11.9. The van der Waals surface area contributed by atoms with Crippen LogP contribution in [0.2, 0.25) is 0 Å². The van der Waals surface area contributed by atoms with E-state index in [-0.39, 0.29) is 5.84 Å². The number of likely N-dealkylation sites (N-methyl/N-ethyl adjacent to an activating group) is 1. The minimum Gasteiger partial charge on any atom is -0.409 e. The number of hydrogen-bond donors (Lipinski definition) is 2. The number of amidine groups is 1. The Labute approximate surface area is 113 Å². The predicted octanol–water partition coefficient (Wildman–Crippen LogP) is 0.562. The Morgan fingerprint density at radius 3 is 2.84 bits per heavy atom. The molecule has 19 heavy (non-hydrogen) atoms. The van der Waals surface area contributed by atoms with Crippen LogP contribution in [0.1, 0.15) is 12.5 Å². The lowest BCUT2D eigenvalue weighted by atomic mass is 10.1. The molecule has 1 fully saturated rings. The second-order valence-electron chi connectivity index (χ2n) is 5.27. The molecule has 1 aromatic heterocycles. The number of nitrogens with zero attached hydrogens (tertiary/aromatic N) is 4. The third-order valence-corrected chi connectivity index (χ3v) is 3.71. The van der Waals surface area contributed by atoms with Crippen LogP contribution < -0.4 is 10.6 Å². The van der Waals surface area contributed by atoms with Crippen molar-refractivity contribution in [2.24, 2.45) is 16.8 Å². The van der Waals surface area contributed by atoms with Gasteiger partial charge in [-0.3, -0.25) is 0 Å². The van der Waals surface area contributed by atoms with Gasteiger partial charge in [0.1, 0.15) is 5.82 Å². The van der Waals surface area contributed by atoms with Gasteiger partial charge in [-0.25, -0.2) is 4.98 Å². The fourth-order valence-corrected chi connectivity index (χ4v) is 2.70. The normalized spacial score (nSPS) is 24.2. The lowest BCUT2D eigenvalue weighted by Gasteiger charge is -2.23. The Hall–Kier alpha value is -1.82. The van der Waals surface area contributed by atoms with Crippen molar-refractivity contribution in [3.05, 3.63) is 23.9 Å². The molecular weight excluding hydrogens is 242 g/mol. The van der Waals surface area contributed by atoms with Crippen LogP contribution in [0.3, 0.4) is 0 Å².